The van der Waals surface area contributed by atoms with Gasteiger partial charge in [-0.05, 0) is 26.3 Å². The fraction of sp³-hybridized carbons (Fsp3) is 0.615. The molecule has 3 heterocycles. The summed E-state index contributed by atoms with van der Waals surface area (Å²) in [5.74, 6) is 0.931. The number of nitrogens with zero attached hydrogens (tertiary/aromatic N) is 4. The topological polar surface area (TPSA) is 58.3 Å². The lowest BCUT2D eigenvalue weighted by molar-refractivity contribution is 0.254. The molecular weight excluding hydrogens is 258 g/mol. The van der Waals surface area contributed by atoms with Crippen LogP contribution in [0.25, 0.3) is 0 Å². The van der Waals surface area contributed by atoms with Crippen molar-refractivity contribution in [2.75, 3.05) is 25.0 Å². The number of hydrogen-bond donors (Lipinski definition) is 1. The van der Waals surface area contributed by atoms with Crippen molar-refractivity contribution < 1.29 is 0 Å². The van der Waals surface area contributed by atoms with Crippen LogP contribution >= 0.6 is 12.2 Å². The Morgan fingerprint density at radius 1 is 1.26 bits per heavy atom. The first-order chi connectivity index (χ1) is 9.15. The van der Waals surface area contributed by atoms with Crippen molar-refractivity contribution in [3.8, 4) is 0 Å². The third-order valence-electron chi connectivity index (χ3n) is 4.36. The van der Waals surface area contributed by atoms with Crippen molar-refractivity contribution in [1.29, 1.82) is 0 Å². The first kappa shape index (κ1) is 12.7. The molecule has 2 aliphatic rings. The minimum atomic E-state index is 0.300. The summed E-state index contributed by atoms with van der Waals surface area (Å²) in [4.78, 5) is 13.9. The van der Waals surface area contributed by atoms with Gasteiger partial charge in [0.15, 0.2) is 0 Å². The first-order valence-electron chi connectivity index (χ1n) is 6.74. The molecule has 2 aliphatic heterocycles. The quantitative estimate of drug-likeness (QED) is 0.806. The van der Waals surface area contributed by atoms with Crippen LogP contribution in [-0.2, 0) is 0 Å². The van der Waals surface area contributed by atoms with Crippen molar-refractivity contribution >= 4 is 23.0 Å². The van der Waals surface area contributed by atoms with E-state index in [4.69, 9.17) is 18.0 Å². The van der Waals surface area contributed by atoms with Crippen molar-refractivity contribution in [3.05, 3.63) is 18.1 Å². The number of anilines is 1. The number of nitrogens with two attached hydrogens (primary N) is 1. The van der Waals surface area contributed by atoms with E-state index < -0.39 is 0 Å². The molecule has 2 saturated heterocycles. The van der Waals surface area contributed by atoms with Gasteiger partial charge in [-0.25, -0.2) is 9.97 Å². The lowest BCUT2D eigenvalue weighted by Crippen LogP contribution is -2.37. The zero-order chi connectivity index (χ0) is 13.4. The van der Waals surface area contributed by atoms with Gasteiger partial charge in [0.05, 0.1) is 12.4 Å². The summed E-state index contributed by atoms with van der Waals surface area (Å²) in [6, 6.07) is 1.38. The van der Waals surface area contributed by atoms with Gasteiger partial charge in [-0.3, -0.25) is 4.90 Å². The van der Waals surface area contributed by atoms with E-state index in [0.29, 0.717) is 16.7 Å². The summed E-state index contributed by atoms with van der Waals surface area (Å²) in [6.45, 7) is 2.08. The lowest BCUT2D eigenvalue weighted by Gasteiger charge is -2.26. The molecule has 2 fully saturated rings. The first-order valence-corrected chi connectivity index (χ1v) is 7.14. The summed E-state index contributed by atoms with van der Waals surface area (Å²) in [6.07, 6.45) is 7.28. The molecule has 2 unspecified atom stereocenters. The number of hydrogen-bond acceptors (Lipinski definition) is 5. The molecule has 102 valence electrons. The summed E-state index contributed by atoms with van der Waals surface area (Å²) >= 11 is 4.90. The smallest absolute Gasteiger partial charge is 0.147 e. The zero-order valence-corrected chi connectivity index (χ0v) is 11.9. The monoisotopic (exact) mass is 277 g/mol. The third kappa shape index (κ3) is 2.42. The largest absolute Gasteiger partial charge is 0.388 e. The summed E-state index contributed by atoms with van der Waals surface area (Å²) in [5.41, 5.74) is 6.13. The second-order valence-electron chi connectivity index (χ2n) is 5.41. The molecule has 0 spiro atoms. The van der Waals surface area contributed by atoms with E-state index in [0.717, 1.165) is 24.9 Å². The average Bonchev–Trinajstić information content (AvgIpc) is 2.63. The average molecular weight is 277 g/mol. The van der Waals surface area contributed by atoms with E-state index in [-0.39, 0.29) is 0 Å². The highest BCUT2D eigenvalue weighted by molar-refractivity contribution is 7.80. The Morgan fingerprint density at radius 3 is 2.74 bits per heavy atom. The van der Waals surface area contributed by atoms with Crippen molar-refractivity contribution in [1.82, 2.24) is 14.9 Å². The minimum absolute atomic E-state index is 0.300. The van der Waals surface area contributed by atoms with E-state index in [2.05, 4.69) is 26.8 Å². The van der Waals surface area contributed by atoms with Crippen LogP contribution in [0.1, 0.15) is 25.0 Å². The second-order valence-corrected chi connectivity index (χ2v) is 5.85. The van der Waals surface area contributed by atoms with E-state index in [1.54, 1.807) is 12.4 Å². The summed E-state index contributed by atoms with van der Waals surface area (Å²) < 4.78 is 0. The van der Waals surface area contributed by atoms with Crippen molar-refractivity contribution in [2.45, 2.75) is 31.3 Å². The molecule has 2 atom stereocenters. The molecule has 0 radical (unpaired) electrons. The number of likely N-dealkylation sites (N-methyl/N-ethyl adjacent to an activating group) is 1. The van der Waals surface area contributed by atoms with Gasteiger partial charge in [0.1, 0.15) is 16.5 Å². The van der Waals surface area contributed by atoms with Gasteiger partial charge >= 0.3 is 0 Å². The Kier molecular flexibility index (Phi) is 3.36. The van der Waals surface area contributed by atoms with Crippen molar-refractivity contribution in [2.24, 2.45) is 5.73 Å². The van der Waals surface area contributed by atoms with Gasteiger partial charge in [-0.15, -0.1) is 0 Å². The van der Waals surface area contributed by atoms with Crippen LogP contribution in [0.4, 0.5) is 5.82 Å². The molecule has 2 bridgehead atoms. The van der Waals surface area contributed by atoms with Crippen LogP contribution in [0.15, 0.2) is 12.4 Å². The molecule has 2 N–H and O–H groups in total. The maximum Gasteiger partial charge on any atom is 0.147 e. The molecule has 6 heteroatoms. The molecule has 1 aromatic heterocycles. The van der Waals surface area contributed by atoms with E-state index >= 15 is 0 Å². The Bertz CT molecular complexity index is 474. The highest BCUT2D eigenvalue weighted by Crippen LogP contribution is 2.29. The van der Waals surface area contributed by atoms with Crippen LogP contribution in [0.2, 0.25) is 0 Å². The molecule has 0 amide bonds. The molecule has 3 rings (SSSR count). The molecule has 5 nitrogen and oxygen atoms in total. The van der Waals surface area contributed by atoms with Crippen LogP contribution in [0.5, 0.6) is 0 Å². The number of rotatable bonds is 2. The Morgan fingerprint density at radius 2 is 2.05 bits per heavy atom. The lowest BCUT2D eigenvalue weighted by atomic mass is 10.1. The van der Waals surface area contributed by atoms with Gasteiger partial charge in [0, 0.05) is 25.2 Å². The number of thiocarbonyl (C=S) groups is 1. The summed E-state index contributed by atoms with van der Waals surface area (Å²) in [7, 11) is 2.24. The maximum absolute atomic E-state index is 5.54. The van der Waals surface area contributed by atoms with Gasteiger partial charge in [-0.1, -0.05) is 12.2 Å². The molecule has 0 saturated carbocycles. The third-order valence-corrected chi connectivity index (χ3v) is 4.57. The Balaban J connectivity index is 1.77. The van der Waals surface area contributed by atoms with E-state index in [1.807, 2.05) is 0 Å². The van der Waals surface area contributed by atoms with Crippen molar-refractivity contribution in [3.63, 3.8) is 0 Å². The number of aromatic nitrogens is 2. The van der Waals surface area contributed by atoms with Gasteiger partial charge in [-0.2, -0.15) is 0 Å². The maximum atomic E-state index is 5.54. The molecule has 1 aromatic rings. The normalized spacial score (nSPS) is 27.3. The predicted octanol–water partition coefficient (Wildman–Crippen LogP) is 0.784. The van der Waals surface area contributed by atoms with Crippen LogP contribution < -0.4 is 10.6 Å². The number of fused-ring (bicyclic) bond motifs is 2. The predicted molar refractivity (Wildman–Crippen MR) is 79.3 cm³/mol. The van der Waals surface area contributed by atoms with Gasteiger partial charge < -0.3 is 10.6 Å². The van der Waals surface area contributed by atoms with Crippen LogP contribution in [0, 0.1) is 0 Å². The minimum Gasteiger partial charge on any atom is -0.388 e. The molecule has 19 heavy (non-hydrogen) atoms. The van der Waals surface area contributed by atoms with Crippen LogP contribution in [-0.4, -0.2) is 52.1 Å². The fourth-order valence-corrected chi connectivity index (χ4v) is 3.23. The van der Waals surface area contributed by atoms with E-state index in [1.165, 1.54) is 19.3 Å². The summed E-state index contributed by atoms with van der Waals surface area (Å²) in [5, 5.41) is 0. The van der Waals surface area contributed by atoms with Crippen LogP contribution in [0.3, 0.4) is 0 Å². The van der Waals surface area contributed by atoms with Gasteiger partial charge in [0.25, 0.3) is 0 Å². The molecule has 0 aromatic carbocycles. The molecule has 0 aliphatic carbocycles. The Hall–Kier alpha value is -1.27. The highest BCUT2D eigenvalue weighted by atomic mass is 32.1. The van der Waals surface area contributed by atoms with E-state index in [9.17, 15) is 0 Å². The van der Waals surface area contributed by atoms with Gasteiger partial charge in [0.2, 0.25) is 0 Å². The SMILES string of the molecule is CN1C2CCC1CN(c1cnc(C(N)=S)cn1)CC2. The fourth-order valence-electron chi connectivity index (χ4n) is 3.13. The second kappa shape index (κ2) is 5.02. The highest BCUT2D eigenvalue weighted by Gasteiger charge is 2.34. The zero-order valence-electron chi connectivity index (χ0n) is 11.1. The Labute approximate surface area is 118 Å². The molecular formula is C13H19N5S. The standard InChI is InChI=1S/C13H19N5S/c1-17-9-2-3-10(17)8-18(5-4-9)12-7-15-11(6-16-12)13(14)19/h6-7,9-10H,2-5,8H2,1H3,(H2,14,19).